The fourth-order valence-electron chi connectivity index (χ4n) is 2.05. The van der Waals surface area contributed by atoms with Crippen LogP contribution in [-0.2, 0) is 9.84 Å². The fraction of sp³-hybridized carbons (Fsp3) is 1.00. The molecule has 0 aromatic rings. The molecule has 4 nitrogen and oxygen atoms in total. The van der Waals surface area contributed by atoms with Gasteiger partial charge in [0.1, 0.15) is 0 Å². The molecule has 16 heavy (non-hydrogen) atoms. The van der Waals surface area contributed by atoms with E-state index in [0.717, 1.165) is 19.5 Å². The van der Waals surface area contributed by atoms with Crippen LogP contribution in [0.3, 0.4) is 0 Å². The number of nitrogens with zero attached hydrogens (tertiary/aromatic N) is 1. The molecule has 1 rings (SSSR count). The van der Waals surface area contributed by atoms with Crippen LogP contribution in [0.25, 0.3) is 0 Å². The Morgan fingerprint density at radius 3 is 2.44 bits per heavy atom. The van der Waals surface area contributed by atoms with Gasteiger partial charge in [0.2, 0.25) is 0 Å². The Morgan fingerprint density at radius 2 is 2.00 bits per heavy atom. The minimum atomic E-state index is -3.01. The molecule has 96 valence electrons. The summed E-state index contributed by atoms with van der Waals surface area (Å²) in [4.78, 5) is 2.22. The minimum absolute atomic E-state index is 0.262. The molecule has 0 aliphatic carbocycles. The number of hydrogen-bond donors (Lipinski definition) is 1. The quantitative estimate of drug-likeness (QED) is 0.789. The van der Waals surface area contributed by atoms with Gasteiger partial charge in [0.05, 0.1) is 4.75 Å². The number of likely N-dealkylation sites (tertiary alicyclic amines) is 1. The van der Waals surface area contributed by atoms with Gasteiger partial charge >= 0.3 is 0 Å². The van der Waals surface area contributed by atoms with Gasteiger partial charge in [0.25, 0.3) is 0 Å². The molecule has 0 amide bonds. The molecule has 2 atom stereocenters. The third-order valence-corrected chi connectivity index (χ3v) is 5.80. The summed E-state index contributed by atoms with van der Waals surface area (Å²) in [6.07, 6.45) is 2.27. The van der Waals surface area contributed by atoms with Crippen LogP contribution in [0.15, 0.2) is 0 Å². The van der Waals surface area contributed by atoms with Crippen molar-refractivity contribution in [3.8, 4) is 0 Å². The van der Waals surface area contributed by atoms with E-state index in [1.807, 2.05) is 0 Å². The second-order valence-electron chi connectivity index (χ2n) is 5.70. The van der Waals surface area contributed by atoms with Crippen LogP contribution in [0, 0.1) is 5.92 Å². The number of sulfone groups is 1. The van der Waals surface area contributed by atoms with Crippen molar-refractivity contribution in [3.63, 3.8) is 0 Å². The lowest BCUT2D eigenvalue weighted by molar-refractivity contribution is 0.154. The van der Waals surface area contributed by atoms with Gasteiger partial charge in [-0.1, -0.05) is 6.92 Å². The highest BCUT2D eigenvalue weighted by atomic mass is 32.2. The summed E-state index contributed by atoms with van der Waals surface area (Å²) in [6.45, 7) is 8.13. The Hall–Kier alpha value is -0.130. The second-order valence-corrected chi connectivity index (χ2v) is 8.35. The van der Waals surface area contributed by atoms with Gasteiger partial charge in [-0.15, -0.1) is 0 Å². The molecule has 2 N–H and O–H groups in total. The molecule has 1 saturated heterocycles. The SMILES string of the molecule is CC1CN(CC(C)(C)S(C)(=O)=O)CCC1N. The second kappa shape index (κ2) is 4.63. The van der Waals surface area contributed by atoms with Gasteiger partial charge in [-0.3, -0.25) is 0 Å². The third kappa shape index (κ3) is 3.18. The summed E-state index contributed by atoms with van der Waals surface area (Å²) in [7, 11) is -3.01. The summed E-state index contributed by atoms with van der Waals surface area (Å²) in [5, 5.41) is 0. The molecule has 1 aliphatic heterocycles. The van der Waals surface area contributed by atoms with Crippen LogP contribution in [0.2, 0.25) is 0 Å². The van der Waals surface area contributed by atoms with E-state index >= 15 is 0 Å². The van der Waals surface area contributed by atoms with Crippen molar-refractivity contribution >= 4 is 9.84 Å². The molecular weight excluding hydrogens is 224 g/mol. The van der Waals surface area contributed by atoms with Gasteiger partial charge in [-0.05, 0) is 32.7 Å². The van der Waals surface area contributed by atoms with Gasteiger partial charge in [-0.25, -0.2) is 8.42 Å². The largest absolute Gasteiger partial charge is 0.327 e. The van der Waals surface area contributed by atoms with Crippen molar-refractivity contribution in [1.29, 1.82) is 0 Å². The van der Waals surface area contributed by atoms with Gasteiger partial charge in [0.15, 0.2) is 9.84 Å². The van der Waals surface area contributed by atoms with Crippen molar-refractivity contribution in [1.82, 2.24) is 4.90 Å². The van der Waals surface area contributed by atoms with E-state index in [-0.39, 0.29) is 6.04 Å². The first-order valence-electron chi connectivity index (χ1n) is 5.81. The molecule has 0 aromatic heterocycles. The minimum Gasteiger partial charge on any atom is -0.327 e. The Labute approximate surface area is 99.1 Å². The Morgan fingerprint density at radius 1 is 1.44 bits per heavy atom. The van der Waals surface area contributed by atoms with Crippen LogP contribution in [0.5, 0.6) is 0 Å². The molecule has 1 aliphatic rings. The molecular formula is C11H24N2O2S. The van der Waals surface area contributed by atoms with Crippen LogP contribution < -0.4 is 5.73 Å². The monoisotopic (exact) mass is 248 g/mol. The summed E-state index contributed by atoms with van der Waals surface area (Å²) >= 11 is 0. The number of nitrogens with two attached hydrogens (primary N) is 1. The first kappa shape index (κ1) is 13.9. The van der Waals surface area contributed by atoms with Crippen LogP contribution in [-0.4, -0.2) is 50.0 Å². The third-order valence-electron chi connectivity index (χ3n) is 3.66. The summed E-state index contributed by atoms with van der Waals surface area (Å²) < 4.78 is 22.6. The van der Waals surface area contributed by atoms with Gasteiger partial charge < -0.3 is 10.6 Å². The highest BCUT2D eigenvalue weighted by molar-refractivity contribution is 7.92. The average molecular weight is 248 g/mol. The van der Waals surface area contributed by atoms with E-state index in [9.17, 15) is 8.42 Å². The number of rotatable bonds is 3. The van der Waals surface area contributed by atoms with E-state index in [4.69, 9.17) is 5.73 Å². The Kier molecular flexibility index (Phi) is 4.03. The fourth-order valence-corrected chi connectivity index (χ4v) is 2.47. The first-order valence-corrected chi connectivity index (χ1v) is 7.70. The lowest BCUT2D eigenvalue weighted by Crippen LogP contribution is -2.51. The van der Waals surface area contributed by atoms with Crippen LogP contribution in [0.1, 0.15) is 27.2 Å². The Balaban J connectivity index is 2.62. The molecule has 5 heteroatoms. The normalized spacial score (nSPS) is 29.3. The summed E-state index contributed by atoms with van der Waals surface area (Å²) in [5.74, 6) is 0.448. The van der Waals surface area contributed by atoms with E-state index in [2.05, 4.69) is 11.8 Å². The number of hydrogen-bond acceptors (Lipinski definition) is 4. The highest BCUT2D eigenvalue weighted by Gasteiger charge is 2.34. The van der Waals surface area contributed by atoms with Crippen LogP contribution in [0.4, 0.5) is 0 Å². The van der Waals surface area contributed by atoms with Crippen molar-refractivity contribution in [3.05, 3.63) is 0 Å². The molecule has 2 unspecified atom stereocenters. The predicted molar refractivity (Wildman–Crippen MR) is 67.1 cm³/mol. The van der Waals surface area contributed by atoms with Gasteiger partial charge in [0, 0.05) is 25.4 Å². The van der Waals surface area contributed by atoms with Crippen molar-refractivity contribution in [2.45, 2.75) is 38.0 Å². The van der Waals surface area contributed by atoms with E-state index in [1.54, 1.807) is 13.8 Å². The van der Waals surface area contributed by atoms with Gasteiger partial charge in [-0.2, -0.15) is 0 Å². The van der Waals surface area contributed by atoms with Crippen molar-refractivity contribution < 1.29 is 8.42 Å². The molecule has 0 aromatic carbocycles. The van der Waals surface area contributed by atoms with E-state index in [1.165, 1.54) is 6.26 Å². The predicted octanol–water partition coefficient (Wildman–Crippen LogP) is 0.479. The molecule has 0 spiro atoms. The summed E-state index contributed by atoms with van der Waals surface area (Å²) in [5.41, 5.74) is 5.95. The zero-order valence-corrected chi connectivity index (χ0v) is 11.5. The average Bonchev–Trinajstić information content (AvgIpc) is 2.09. The molecule has 1 fully saturated rings. The first-order chi connectivity index (χ1) is 7.13. The topological polar surface area (TPSA) is 63.4 Å². The van der Waals surface area contributed by atoms with Crippen LogP contribution >= 0.6 is 0 Å². The standard InChI is InChI=1S/C11H24N2O2S/c1-9-7-13(6-5-10(9)12)8-11(2,3)16(4,14)15/h9-10H,5-8,12H2,1-4H3. The summed E-state index contributed by atoms with van der Waals surface area (Å²) in [6, 6.07) is 0.262. The van der Waals surface area contributed by atoms with E-state index < -0.39 is 14.6 Å². The van der Waals surface area contributed by atoms with Crippen molar-refractivity contribution in [2.75, 3.05) is 25.9 Å². The molecule has 0 bridgehead atoms. The highest BCUT2D eigenvalue weighted by Crippen LogP contribution is 2.21. The molecule has 0 radical (unpaired) electrons. The lowest BCUT2D eigenvalue weighted by atomic mass is 9.94. The maximum Gasteiger partial charge on any atom is 0.153 e. The smallest absolute Gasteiger partial charge is 0.153 e. The molecule has 1 heterocycles. The maximum absolute atomic E-state index is 11.6. The molecule has 0 saturated carbocycles. The maximum atomic E-state index is 11.6. The van der Waals surface area contributed by atoms with E-state index in [0.29, 0.717) is 12.5 Å². The zero-order chi connectivity index (χ0) is 12.6. The zero-order valence-electron chi connectivity index (χ0n) is 10.7. The lowest BCUT2D eigenvalue weighted by Gasteiger charge is -2.38. The van der Waals surface area contributed by atoms with Crippen molar-refractivity contribution in [2.24, 2.45) is 11.7 Å². The Bertz CT molecular complexity index is 338. The number of piperidine rings is 1.